The van der Waals surface area contributed by atoms with E-state index in [1.165, 1.54) is 45.4 Å². The first kappa shape index (κ1) is 14.7. The molecular weight excluding hydrogens is 348 g/mol. The summed E-state index contributed by atoms with van der Waals surface area (Å²) < 4.78 is 1.13. The molecule has 1 aromatic heterocycles. The summed E-state index contributed by atoms with van der Waals surface area (Å²) in [6.07, 6.45) is 3.38. The van der Waals surface area contributed by atoms with Gasteiger partial charge in [0.2, 0.25) is 0 Å². The van der Waals surface area contributed by atoms with Gasteiger partial charge in [0.15, 0.2) is 0 Å². The van der Waals surface area contributed by atoms with Gasteiger partial charge >= 0.3 is 0 Å². The van der Waals surface area contributed by atoms with Gasteiger partial charge in [-0.2, -0.15) is 0 Å². The summed E-state index contributed by atoms with van der Waals surface area (Å²) in [4.78, 5) is 8.50. The Morgan fingerprint density at radius 3 is 2.74 bits per heavy atom. The van der Waals surface area contributed by atoms with Gasteiger partial charge < -0.3 is 4.98 Å². The van der Waals surface area contributed by atoms with E-state index < -0.39 is 0 Å². The molecule has 3 aromatic rings. The summed E-state index contributed by atoms with van der Waals surface area (Å²) >= 11 is 3.58. The molecule has 116 valence electrons. The van der Waals surface area contributed by atoms with E-state index in [4.69, 9.17) is 4.99 Å². The molecule has 0 amide bonds. The fraction of sp³-hybridized carbons (Fsp3) is 0.250. The highest BCUT2D eigenvalue weighted by atomic mass is 79.9. The SMILES string of the molecule is Cc1ccc(C/N=C2\CCCc3c2[nH]c2ccc(Br)cc32)cc1. The van der Waals surface area contributed by atoms with E-state index in [0.717, 1.165) is 23.9 Å². The van der Waals surface area contributed by atoms with Crippen LogP contribution in [-0.2, 0) is 13.0 Å². The Bertz CT molecular complexity index is 888. The van der Waals surface area contributed by atoms with Crippen molar-refractivity contribution in [1.82, 2.24) is 4.98 Å². The third-order valence-electron chi connectivity index (χ3n) is 4.57. The molecule has 0 bridgehead atoms. The number of rotatable bonds is 2. The van der Waals surface area contributed by atoms with Crippen molar-refractivity contribution in [3.8, 4) is 0 Å². The summed E-state index contributed by atoms with van der Waals surface area (Å²) in [6, 6.07) is 15.1. The minimum Gasteiger partial charge on any atom is -0.353 e. The van der Waals surface area contributed by atoms with Gasteiger partial charge in [0.25, 0.3) is 0 Å². The van der Waals surface area contributed by atoms with E-state index >= 15 is 0 Å². The number of aliphatic imine (C=N–C) groups is 1. The molecule has 0 saturated heterocycles. The maximum absolute atomic E-state index is 4.92. The topological polar surface area (TPSA) is 28.1 Å². The van der Waals surface area contributed by atoms with Crippen molar-refractivity contribution in [2.75, 3.05) is 0 Å². The van der Waals surface area contributed by atoms with Crippen LogP contribution in [0.2, 0.25) is 0 Å². The molecule has 0 unspecified atom stereocenters. The van der Waals surface area contributed by atoms with E-state index in [1.54, 1.807) is 0 Å². The molecule has 4 rings (SSSR count). The zero-order valence-corrected chi connectivity index (χ0v) is 14.8. The second-order valence-corrected chi connectivity index (χ2v) is 7.19. The highest BCUT2D eigenvalue weighted by Crippen LogP contribution is 2.31. The average molecular weight is 367 g/mol. The molecule has 23 heavy (non-hydrogen) atoms. The van der Waals surface area contributed by atoms with Crippen molar-refractivity contribution in [2.45, 2.75) is 32.7 Å². The predicted octanol–water partition coefficient (Wildman–Crippen LogP) is 5.56. The van der Waals surface area contributed by atoms with Crippen molar-refractivity contribution >= 4 is 32.5 Å². The first-order chi connectivity index (χ1) is 11.2. The van der Waals surface area contributed by atoms with Crippen LogP contribution in [0.1, 0.15) is 35.2 Å². The first-order valence-corrected chi connectivity index (χ1v) is 8.89. The van der Waals surface area contributed by atoms with Crippen LogP contribution in [-0.4, -0.2) is 10.7 Å². The minimum atomic E-state index is 0.758. The Balaban J connectivity index is 1.71. The van der Waals surface area contributed by atoms with Gasteiger partial charge in [-0.25, -0.2) is 0 Å². The highest BCUT2D eigenvalue weighted by molar-refractivity contribution is 9.10. The quantitative estimate of drug-likeness (QED) is 0.614. The van der Waals surface area contributed by atoms with Gasteiger partial charge in [-0.05, 0) is 55.5 Å². The van der Waals surface area contributed by atoms with Crippen molar-refractivity contribution in [3.05, 3.63) is 69.3 Å². The molecule has 1 aliphatic carbocycles. The summed E-state index contributed by atoms with van der Waals surface area (Å²) in [5.74, 6) is 0. The molecule has 2 aromatic carbocycles. The first-order valence-electron chi connectivity index (χ1n) is 8.10. The number of nitrogens with one attached hydrogen (secondary N) is 1. The number of hydrogen-bond donors (Lipinski definition) is 1. The van der Waals surface area contributed by atoms with Gasteiger partial charge in [0.1, 0.15) is 0 Å². The zero-order valence-electron chi connectivity index (χ0n) is 13.2. The third-order valence-corrected chi connectivity index (χ3v) is 5.06. The van der Waals surface area contributed by atoms with Crippen molar-refractivity contribution in [3.63, 3.8) is 0 Å². The van der Waals surface area contributed by atoms with Crippen LogP contribution in [0.5, 0.6) is 0 Å². The lowest BCUT2D eigenvalue weighted by Gasteiger charge is -2.14. The largest absolute Gasteiger partial charge is 0.353 e. The number of fused-ring (bicyclic) bond motifs is 3. The number of benzene rings is 2. The minimum absolute atomic E-state index is 0.758. The number of aromatic amines is 1. The molecule has 0 saturated carbocycles. The molecule has 0 fully saturated rings. The second-order valence-electron chi connectivity index (χ2n) is 6.27. The van der Waals surface area contributed by atoms with Crippen LogP contribution in [0.25, 0.3) is 10.9 Å². The molecule has 1 aliphatic rings. The standard InChI is InChI=1S/C20H19BrN2/c1-13-5-7-14(8-6-13)12-22-19-4-2-3-16-17-11-15(21)9-10-18(17)23-20(16)19/h5-11,23H,2-4,12H2,1H3/b22-19+. The molecule has 0 radical (unpaired) electrons. The van der Waals surface area contributed by atoms with E-state index in [-0.39, 0.29) is 0 Å². The van der Waals surface area contributed by atoms with E-state index in [1.807, 2.05) is 0 Å². The van der Waals surface area contributed by atoms with E-state index in [0.29, 0.717) is 0 Å². The lowest BCUT2D eigenvalue weighted by Crippen LogP contribution is -2.11. The maximum atomic E-state index is 4.92. The van der Waals surface area contributed by atoms with Crippen LogP contribution < -0.4 is 0 Å². The molecule has 2 nitrogen and oxygen atoms in total. The van der Waals surface area contributed by atoms with Gasteiger partial charge in [0.05, 0.1) is 18.0 Å². The zero-order chi connectivity index (χ0) is 15.8. The Morgan fingerprint density at radius 2 is 1.91 bits per heavy atom. The summed E-state index contributed by atoms with van der Waals surface area (Å²) in [6.45, 7) is 2.87. The van der Waals surface area contributed by atoms with Crippen LogP contribution in [0.3, 0.4) is 0 Å². The number of aromatic nitrogens is 1. The fourth-order valence-corrected chi connectivity index (χ4v) is 3.68. The fourth-order valence-electron chi connectivity index (χ4n) is 3.32. The molecule has 1 heterocycles. The number of halogens is 1. The van der Waals surface area contributed by atoms with Gasteiger partial charge in [0, 0.05) is 15.4 Å². The number of H-pyrrole nitrogens is 1. The van der Waals surface area contributed by atoms with E-state index in [2.05, 4.69) is 70.3 Å². The Labute approximate surface area is 144 Å². The molecule has 0 aliphatic heterocycles. The van der Waals surface area contributed by atoms with Crippen molar-refractivity contribution < 1.29 is 0 Å². The van der Waals surface area contributed by atoms with Crippen LogP contribution in [0, 0.1) is 6.92 Å². The summed E-state index contributed by atoms with van der Waals surface area (Å²) in [7, 11) is 0. The summed E-state index contributed by atoms with van der Waals surface area (Å²) in [5, 5.41) is 1.33. The Morgan fingerprint density at radius 1 is 1.09 bits per heavy atom. The lowest BCUT2D eigenvalue weighted by molar-refractivity contribution is 0.833. The van der Waals surface area contributed by atoms with Crippen LogP contribution in [0.4, 0.5) is 0 Å². The smallest absolute Gasteiger partial charge is 0.0643 e. The monoisotopic (exact) mass is 366 g/mol. The third kappa shape index (κ3) is 2.86. The van der Waals surface area contributed by atoms with Crippen LogP contribution in [0.15, 0.2) is 51.9 Å². The number of aryl methyl sites for hydroxylation is 2. The molecule has 0 spiro atoms. The highest BCUT2D eigenvalue weighted by Gasteiger charge is 2.20. The maximum Gasteiger partial charge on any atom is 0.0643 e. The van der Waals surface area contributed by atoms with E-state index in [9.17, 15) is 0 Å². The number of nitrogens with zero attached hydrogens (tertiary/aromatic N) is 1. The number of hydrogen-bond acceptors (Lipinski definition) is 1. The Hall–Kier alpha value is -1.87. The van der Waals surface area contributed by atoms with Crippen LogP contribution >= 0.6 is 15.9 Å². The lowest BCUT2D eigenvalue weighted by atomic mass is 9.94. The molecule has 1 N–H and O–H groups in total. The van der Waals surface area contributed by atoms with Crippen molar-refractivity contribution in [2.24, 2.45) is 4.99 Å². The van der Waals surface area contributed by atoms with Gasteiger partial charge in [-0.1, -0.05) is 45.8 Å². The summed E-state index contributed by atoms with van der Waals surface area (Å²) in [5.41, 5.74) is 7.67. The van der Waals surface area contributed by atoms with Gasteiger partial charge in [-0.15, -0.1) is 0 Å². The normalized spacial score (nSPS) is 16.0. The van der Waals surface area contributed by atoms with Gasteiger partial charge in [-0.3, -0.25) is 4.99 Å². The average Bonchev–Trinajstić information content (AvgIpc) is 2.93. The van der Waals surface area contributed by atoms with Crippen molar-refractivity contribution in [1.29, 1.82) is 0 Å². The molecule has 0 atom stereocenters. The molecular formula is C20H19BrN2. The second kappa shape index (κ2) is 5.97. The predicted molar refractivity (Wildman–Crippen MR) is 100 cm³/mol. The Kier molecular flexibility index (Phi) is 3.82. The molecule has 3 heteroatoms.